The van der Waals surface area contributed by atoms with Crippen LogP contribution in [-0.2, 0) is 13.1 Å². The number of anilines is 1. The molecule has 10 heteroatoms. The minimum Gasteiger partial charge on any atom is -0.443 e. The highest BCUT2D eigenvalue weighted by Gasteiger charge is 2.15. The smallest absolute Gasteiger partial charge is 0.255 e. The third-order valence-electron chi connectivity index (χ3n) is 4.96. The maximum Gasteiger partial charge on any atom is 0.255 e. The van der Waals surface area contributed by atoms with Crippen LogP contribution in [0.15, 0.2) is 83.7 Å². The van der Waals surface area contributed by atoms with E-state index >= 15 is 0 Å². The third kappa shape index (κ3) is 5.81. The van der Waals surface area contributed by atoms with Gasteiger partial charge in [-0.1, -0.05) is 36.4 Å². The summed E-state index contributed by atoms with van der Waals surface area (Å²) in [6, 6.07) is 15.1. The van der Waals surface area contributed by atoms with Crippen LogP contribution in [0.5, 0.6) is 0 Å². The first-order valence-electron chi connectivity index (χ1n) is 10.7. The second-order valence-electron chi connectivity index (χ2n) is 7.33. The Bertz CT molecular complexity index is 1360. The number of nitrogens with two attached hydrogens (primary N) is 1. The summed E-state index contributed by atoms with van der Waals surface area (Å²) < 4.78 is 19.4. The fourth-order valence-corrected chi connectivity index (χ4v) is 3.18. The molecule has 0 atom stereocenters. The first-order valence-corrected chi connectivity index (χ1v) is 10.7. The van der Waals surface area contributed by atoms with Gasteiger partial charge in [0.15, 0.2) is 5.82 Å². The number of nitrogens with zero attached hydrogens (tertiary/aromatic N) is 3. The fourth-order valence-electron chi connectivity index (χ4n) is 3.18. The number of aromatic nitrogens is 3. The normalized spacial score (nSPS) is 11.2. The molecule has 0 fully saturated rings. The zero-order chi connectivity index (χ0) is 24.6. The average molecular weight is 471 g/mol. The van der Waals surface area contributed by atoms with Gasteiger partial charge in [-0.3, -0.25) is 10.2 Å². The summed E-state index contributed by atoms with van der Waals surface area (Å²) >= 11 is 0. The van der Waals surface area contributed by atoms with Gasteiger partial charge in [0.05, 0.1) is 23.8 Å². The van der Waals surface area contributed by atoms with Crippen molar-refractivity contribution >= 4 is 23.0 Å². The minimum absolute atomic E-state index is 0.0229. The number of hydrogen-bond donors (Lipinski definition) is 4. The Morgan fingerprint density at radius 1 is 1.11 bits per heavy atom. The number of nitrogens with one attached hydrogen (secondary N) is 3. The zero-order valence-corrected chi connectivity index (χ0v) is 18.5. The van der Waals surface area contributed by atoms with Gasteiger partial charge in [0, 0.05) is 24.2 Å². The lowest BCUT2D eigenvalue weighted by Crippen LogP contribution is -2.18. The molecule has 0 bridgehead atoms. The van der Waals surface area contributed by atoms with E-state index < -0.39 is 0 Å². The predicted molar refractivity (Wildman–Crippen MR) is 129 cm³/mol. The topological polar surface area (TPSA) is 143 Å². The number of amides is 1. The molecule has 0 spiro atoms. The van der Waals surface area contributed by atoms with E-state index in [0.717, 1.165) is 0 Å². The van der Waals surface area contributed by atoms with Crippen LogP contribution in [0, 0.1) is 11.2 Å². The number of carbonyl (C=O) groups is 1. The highest BCUT2D eigenvalue weighted by molar-refractivity contribution is 6.08. The van der Waals surface area contributed by atoms with E-state index in [4.69, 9.17) is 15.6 Å². The van der Waals surface area contributed by atoms with E-state index in [1.165, 1.54) is 30.8 Å². The molecule has 2 aromatic heterocycles. The minimum atomic E-state index is -0.356. The number of carbonyl (C=O) groups excluding carboxylic acids is 1. The Morgan fingerprint density at radius 3 is 2.60 bits per heavy atom. The largest absolute Gasteiger partial charge is 0.443 e. The Labute approximate surface area is 200 Å². The molecule has 5 N–H and O–H groups in total. The molecule has 0 unspecified atom stereocenters. The van der Waals surface area contributed by atoms with Gasteiger partial charge in [0.25, 0.3) is 5.91 Å². The van der Waals surface area contributed by atoms with Crippen molar-refractivity contribution in [2.24, 2.45) is 5.73 Å². The van der Waals surface area contributed by atoms with Crippen molar-refractivity contribution in [1.29, 1.82) is 5.41 Å². The number of benzene rings is 2. The maximum absolute atomic E-state index is 14.0. The van der Waals surface area contributed by atoms with Crippen LogP contribution in [0.25, 0.3) is 5.70 Å². The Hall–Kier alpha value is -4.70. The van der Waals surface area contributed by atoms with Crippen molar-refractivity contribution in [2.45, 2.75) is 13.1 Å². The van der Waals surface area contributed by atoms with E-state index in [0.29, 0.717) is 28.2 Å². The van der Waals surface area contributed by atoms with E-state index in [1.54, 1.807) is 42.5 Å². The number of oxazole rings is 1. The lowest BCUT2D eigenvalue weighted by Gasteiger charge is -2.11. The molecule has 0 saturated heterocycles. The summed E-state index contributed by atoms with van der Waals surface area (Å²) in [5.74, 6) is -0.377. The van der Waals surface area contributed by atoms with E-state index in [2.05, 4.69) is 25.6 Å². The third-order valence-corrected chi connectivity index (χ3v) is 4.96. The average Bonchev–Trinajstić information content (AvgIpc) is 3.43. The SMILES string of the molecule is N=C(/C=C(\NCc1ccccc1F)c1ncco1)c1ncc(NC(=O)c2ccccc2)c(CN)n1. The van der Waals surface area contributed by atoms with Gasteiger partial charge in [-0.2, -0.15) is 0 Å². The first kappa shape index (κ1) is 23.5. The second-order valence-corrected chi connectivity index (χ2v) is 7.33. The van der Waals surface area contributed by atoms with Crippen LogP contribution in [0.4, 0.5) is 10.1 Å². The molecule has 1 amide bonds. The molecule has 176 valence electrons. The summed E-state index contributed by atoms with van der Waals surface area (Å²) in [7, 11) is 0. The van der Waals surface area contributed by atoms with Crippen LogP contribution in [0.1, 0.15) is 33.3 Å². The zero-order valence-electron chi connectivity index (χ0n) is 18.5. The monoisotopic (exact) mass is 471 g/mol. The number of allylic oxidation sites excluding steroid dienone is 1. The van der Waals surface area contributed by atoms with Gasteiger partial charge in [-0.05, 0) is 24.3 Å². The van der Waals surface area contributed by atoms with Crippen molar-refractivity contribution in [3.05, 3.63) is 114 Å². The summed E-state index contributed by atoms with van der Waals surface area (Å²) in [4.78, 5) is 25.1. The van der Waals surface area contributed by atoms with Crippen LogP contribution >= 0.6 is 0 Å². The number of halogens is 1. The van der Waals surface area contributed by atoms with E-state index in [9.17, 15) is 9.18 Å². The number of rotatable bonds is 9. The summed E-state index contributed by atoms with van der Waals surface area (Å²) in [5.41, 5.74) is 7.77. The van der Waals surface area contributed by atoms with Crippen molar-refractivity contribution in [3.63, 3.8) is 0 Å². The quantitative estimate of drug-likeness (QED) is 0.274. The molecular formula is C25H22FN7O2. The molecule has 35 heavy (non-hydrogen) atoms. The Kier molecular flexibility index (Phi) is 7.34. The van der Waals surface area contributed by atoms with Crippen LogP contribution in [-0.4, -0.2) is 26.6 Å². The number of hydrogen-bond acceptors (Lipinski definition) is 8. The van der Waals surface area contributed by atoms with Crippen molar-refractivity contribution in [2.75, 3.05) is 5.32 Å². The summed E-state index contributed by atoms with van der Waals surface area (Å²) in [6.45, 7) is 0.169. The first-order chi connectivity index (χ1) is 17.0. The van der Waals surface area contributed by atoms with Crippen LogP contribution in [0.3, 0.4) is 0 Å². The maximum atomic E-state index is 14.0. The molecule has 4 rings (SSSR count). The lowest BCUT2D eigenvalue weighted by atomic mass is 10.2. The van der Waals surface area contributed by atoms with E-state index in [1.807, 2.05) is 6.07 Å². The van der Waals surface area contributed by atoms with Crippen molar-refractivity contribution in [3.8, 4) is 0 Å². The highest BCUT2D eigenvalue weighted by Crippen LogP contribution is 2.16. The molecule has 0 aliphatic carbocycles. The summed E-state index contributed by atoms with van der Waals surface area (Å²) in [5, 5.41) is 14.3. The predicted octanol–water partition coefficient (Wildman–Crippen LogP) is 3.51. The Morgan fingerprint density at radius 2 is 1.89 bits per heavy atom. The van der Waals surface area contributed by atoms with Crippen LogP contribution in [0.2, 0.25) is 0 Å². The molecule has 0 aliphatic heterocycles. The van der Waals surface area contributed by atoms with Gasteiger partial charge >= 0.3 is 0 Å². The van der Waals surface area contributed by atoms with Crippen molar-refractivity contribution in [1.82, 2.24) is 20.3 Å². The molecule has 2 heterocycles. The molecular weight excluding hydrogens is 449 g/mol. The molecule has 2 aromatic carbocycles. The molecule has 9 nitrogen and oxygen atoms in total. The summed E-state index contributed by atoms with van der Waals surface area (Å²) in [6.07, 6.45) is 5.70. The molecule has 0 radical (unpaired) electrons. The van der Waals surface area contributed by atoms with Gasteiger partial charge < -0.3 is 20.8 Å². The fraction of sp³-hybridized carbons (Fsp3) is 0.0800. The van der Waals surface area contributed by atoms with Gasteiger partial charge in [-0.25, -0.2) is 19.3 Å². The van der Waals surface area contributed by atoms with Crippen LogP contribution < -0.4 is 16.4 Å². The van der Waals surface area contributed by atoms with Gasteiger partial charge in [0.2, 0.25) is 5.89 Å². The molecule has 4 aromatic rings. The van der Waals surface area contributed by atoms with Crippen molar-refractivity contribution < 1.29 is 13.6 Å². The highest BCUT2D eigenvalue weighted by atomic mass is 19.1. The Balaban J connectivity index is 1.55. The second kappa shape index (κ2) is 10.9. The molecule has 0 saturated carbocycles. The van der Waals surface area contributed by atoms with Gasteiger partial charge in [0.1, 0.15) is 23.5 Å². The lowest BCUT2D eigenvalue weighted by molar-refractivity contribution is 0.102. The molecule has 0 aliphatic rings. The van der Waals surface area contributed by atoms with E-state index in [-0.39, 0.29) is 42.2 Å². The standard InChI is InChI=1S/C25H22FN7O2/c26-18-9-5-4-8-17(18)14-30-20(25-29-10-11-35-25)12-19(28)23-31-15-22(21(13-27)32-23)33-24(34)16-6-2-1-3-7-16/h1-12,15,28,30H,13-14,27H2,(H,33,34)/b20-12-,28-19?. The van der Waals surface area contributed by atoms with Gasteiger partial charge in [-0.15, -0.1) is 0 Å².